The first-order chi connectivity index (χ1) is 6.76. The Morgan fingerprint density at radius 2 is 1.71 bits per heavy atom. The maximum absolute atomic E-state index is 11.2. The zero-order valence-electron chi connectivity index (χ0n) is 9.12. The molecule has 0 rings (SSSR count). The van der Waals surface area contributed by atoms with Gasteiger partial charge in [0.25, 0.3) is 0 Å². The van der Waals surface area contributed by atoms with E-state index in [1.54, 1.807) is 19.1 Å². The molecule has 0 N–H and O–H groups in total. The van der Waals surface area contributed by atoms with Crippen LogP contribution in [0.1, 0.15) is 6.42 Å². The van der Waals surface area contributed by atoms with Crippen LogP contribution < -0.4 is 0 Å². The third-order valence-corrected chi connectivity index (χ3v) is 1.77. The number of ether oxygens (including phenoxy) is 3. The van der Waals surface area contributed by atoms with Crippen LogP contribution in [0.3, 0.4) is 0 Å². The molecule has 0 spiro atoms. The van der Waals surface area contributed by atoms with Gasteiger partial charge in [0.1, 0.15) is 0 Å². The van der Waals surface area contributed by atoms with E-state index in [4.69, 9.17) is 9.47 Å². The van der Waals surface area contributed by atoms with Crippen LogP contribution in [0.4, 0.5) is 4.79 Å². The Bertz CT molecular complexity index is 152. The molecule has 0 saturated heterocycles. The van der Waals surface area contributed by atoms with Crippen LogP contribution in [0.5, 0.6) is 0 Å². The van der Waals surface area contributed by atoms with Gasteiger partial charge in [0.15, 0.2) is 0 Å². The lowest BCUT2D eigenvalue weighted by Gasteiger charge is -2.20. The smallest absolute Gasteiger partial charge is 0.409 e. The van der Waals surface area contributed by atoms with E-state index in [-0.39, 0.29) is 6.09 Å². The van der Waals surface area contributed by atoms with E-state index < -0.39 is 0 Å². The number of carbonyl (C=O) groups is 1. The van der Waals surface area contributed by atoms with Gasteiger partial charge in [-0.2, -0.15) is 0 Å². The maximum Gasteiger partial charge on any atom is 0.409 e. The fraction of sp³-hybridized carbons (Fsp3) is 0.889. The van der Waals surface area contributed by atoms with Crippen LogP contribution in [0.15, 0.2) is 0 Å². The van der Waals surface area contributed by atoms with E-state index in [0.717, 1.165) is 6.42 Å². The molecule has 0 saturated carbocycles. The number of methoxy groups -OCH3 is 3. The van der Waals surface area contributed by atoms with Gasteiger partial charge in [-0.25, -0.2) is 4.79 Å². The molecule has 0 unspecified atom stereocenters. The topological polar surface area (TPSA) is 48.0 Å². The van der Waals surface area contributed by atoms with E-state index in [0.29, 0.717) is 26.3 Å². The lowest BCUT2D eigenvalue weighted by molar-refractivity contribution is 0.0971. The molecule has 0 fully saturated rings. The summed E-state index contributed by atoms with van der Waals surface area (Å²) in [6, 6.07) is 0. The first-order valence-electron chi connectivity index (χ1n) is 4.57. The van der Waals surface area contributed by atoms with Crippen molar-refractivity contribution in [3.05, 3.63) is 0 Å². The number of nitrogens with zero attached hydrogens (tertiary/aromatic N) is 1. The second kappa shape index (κ2) is 8.77. The highest BCUT2D eigenvalue weighted by atomic mass is 16.5. The van der Waals surface area contributed by atoms with Crippen molar-refractivity contribution < 1.29 is 19.0 Å². The molecule has 5 heteroatoms. The van der Waals surface area contributed by atoms with Gasteiger partial charge in [-0.1, -0.05) is 0 Å². The van der Waals surface area contributed by atoms with Crippen LogP contribution in [0.25, 0.3) is 0 Å². The molecule has 0 aromatic heterocycles. The SMILES string of the molecule is COCCCN(CCOC)C(=O)OC. The fourth-order valence-corrected chi connectivity index (χ4v) is 1.02. The molecule has 0 atom stereocenters. The Balaban J connectivity index is 3.78. The van der Waals surface area contributed by atoms with Crippen LogP contribution in [-0.4, -0.2) is 58.6 Å². The lowest BCUT2D eigenvalue weighted by Crippen LogP contribution is -2.35. The van der Waals surface area contributed by atoms with Crippen LogP contribution >= 0.6 is 0 Å². The van der Waals surface area contributed by atoms with Crippen LogP contribution in [0, 0.1) is 0 Å². The van der Waals surface area contributed by atoms with Gasteiger partial charge >= 0.3 is 6.09 Å². The average Bonchev–Trinajstić information content (AvgIpc) is 2.22. The van der Waals surface area contributed by atoms with E-state index in [9.17, 15) is 4.79 Å². The zero-order valence-corrected chi connectivity index (χ0v) is 9.12. The molecule has 0 aromatic rings. The highest BCUT2D eigenvalue weighted by Gasteiger charge is 2.12. The third-order valence-electron chi connectivity index (χ3n) is 1.77. The molecule has 14 heavy (non-hydrogen) atoms. The van der Waals surface area contributed by atoms with Crippen molar-refractivity contribution in [2.24, 2.45) is 0 Å². The van der Waals surface area contributed by atoms with Gasteiger partial charge in [0, 0.05) is 33.9 Å². The predicted molar refractivity (Wildman–Crippen MR) is 52.3 cm³/mol. The molecule has 5 nitrogen and oxygen atoms in total. The second-order valence-electron chi connectivity index (χ2n) is 2.80. The molecule has 1 amide bonds. The number of rotatable bonds is 7. The van der Waals surface area contributed by atoms with Gasteiger partial charge < -0.3 is 19.1 Å². The molecule has 0 aliphatic carbocycles. The third kappa shape index (κ3) is 5.77. The molecular formula is C9H19NO4. The Hall–Kier alpha value is -0.810. The Labute approximate surface area is 84.9 Å². The molecule has 0 aliphatic rings. The number of carbonyl (C=O) groups excluding carboxylic acids is 1. The minimum absolute atomic E-state index is 0.321. The minimum atomic E-state index is -0.321. The average molecular weight is 205 g/mol. The predicted octanol–water partition coefficient (Wildman–Crippen LogP) is 0.738. The van der Waals surface area contributed by atoms with E-state index >= 15 is 0 Å². The molecular weight excluding hydrogens is 186 g/mol. The van der Waals surface area contributed by atoms with Crippen molar-refractivity contribution in [1.29, 1.82) is 0 Å². The van der Waals surface area contributed by atoms with Crippen molar-refractivity contribution in [2.45, 2.75) is 6.42 Å². The van der Waals surface area contributed by atoms with Gasteiger partial charge in [-0.15, -0.1) is 0 Å². The first-order valence-corrected chi connectivity index (χ1v) is 4.57. The van der Waals surface area contributed by atoms with Gasteiger partial charge in [-0.3, -0.25) is 0 Å². The fourth-order valence-electron chi connectivity index (χ4n) is 1.02. The second-order valence-corrected chi connectivity index (χ2v) is 2.80. The largest absolute Gasteiger partial charge is 0.453 e. The number of amides is 1. The number of hydrogen-bond donors (Lipinski definition) is 0. The summed E-state index contributed by atoms with van der Waals surface area (Å²) >= 11 is 0. The van der Waals surface area contributed by atoms with Crippen molar-refractivity contribution in [2.75, 3.05) is 47.6 Å². The Morgan fingerprint density at radius 3 is 2.21 bits per heavy atom. The van der Waals surface area contributed by atoms with E-state index in [1.165, 1.54) is 7.11 Å². The first kappa shape index (κ1) is 13.2. The van der Waals surface area contributed by atoms with Crippen LogP contribution in [-0.2, 0) is 14.2 Å². The van der Waals surface area contributed by atoms with Gasteiger partial charge in [-0.05, 0) is 6.42 Å². The summed E-state index contributed by atoms with van der Waals surface area (Å²) < 4.78 is 14.4. The van der Waals surface area contributed by atoms with Gasteiger partial charge in [0.05, 0.1) is 13.7 Å². The highest BCUT2D eigenvalue weighted by Crippen LogP contribution is 1.95. The Kier molecular flexibility index (Phi) is 8.27. The molecule has 84 valence electrons. The van der Waals surface area contributed by atoms with E-state index in [1.807, 2.05) is 0 Å². The minimum Gasteiger partial charge on any atom is -0.453 e. The maximum atomic E-state index is 11.2. The quantitative estimate of drug-likeness (QED) is 0.575. The normalized spacial score (nSPS) is 9.93. The van der Waals surface area contributed by atoms with Gasteiger partial charge in [0.2, 0.25) is 0 Å². The van der Waals surface area contributed by atoms with Crippen molar-refractivity contribution in [3.8, 4) is 0 Å². The zero-order chi connectivity index (χ0) is 10.8. The summed E-state index contributed by atoms with van der Waals surface area (Å²) in [6.45, 7) is 2.33. The summed E-state index contributed by atoms with van der Waals surface area (Å²) in [5.74, 6) is 0. The standard InChI is InChI=1S/C9H19NO4/c1-12-7-4-5-10(6-8-13-2)9(11)14-3/h4-8H2,1-3H3. The van der Waals surface area contributed by atoms with E-state index in [2.05, 4.69) is 4.74 Å². The summed E-state index contributed by atoms with van der Waals surface area (Å²) in [6.07, 6.45) is 0.480. The van der Waals surface area contributed by atoms with Crippen molar-refractivity contribution in [1.82, 2.24) is 4.90 Å². The monoisotopic (exact) mass is 205 g/mol. The molecule has 0 aromatic carbocycles. The summed E-state index contributed by atoms with van der Waals surface area (Å²) in [7, 11) is 4.61. The van der Waals surface area contributed by atoms with Crippen molar-refractivity contribution >= 4 is 6.09 Å². The summed E-state index contributed by atoms with van der Waals surface area (Å²) in [4.78, 5) is 12.8. The van der Waals surface area contributed by atoms with Crippen molar-refractivity contribution in [3.63, 3.8) is 0 Å². The molecule has 0 bridgehead atoms. The molecule has 0 heterocycles. The highest BCUT2D eigenvalue weighted by molar-refractivity contribution is 5.67. The molecule has 0 aliphatic heterocycles. The van der Waals surface area contributed by atoms with Crippen LogP contribution in [0.2, 0.25) is 0 Å². The number of hydrogen-bond acceptors (Lipinski definition) is 4. The Morgan fingerprint density at radius 1 is 1.07 bits per heavy atom. The molecule has 0 radical (unpaired) electrons. The summed E-state index contributed by atoms with van der Waals surface area (Å²) in [5, 5.41) is 0. The summed E-state index contributed by atoms with van der Waals surface area (Å²) in [5.41, 5.74) is 0. The lowest BCUT2D eigenvalue weighted by atomic mass is 10.4.